The lowest BCUT2D eigenvalue weighted by Crippen LogP contribution is -2.61. The molecule has 0 unspecified atom stereocenters. The first-order chi connectivity index (χ1) is 47.9. The molecule has 11 rings (SSSR count). The van der Waals surface area contributed by atoms with Crippen LogP contribution in [0.3, 0.4) is 0 Å². The van der Waals surface area contributed by atoms with Gasteiger partial charge in [-0.1, -0.05) is 103 Å². The van der Waals surface area contributed by atoms with Crippen LogP contribution < -0.4 is 27.0 Å². The number of hydrogen-bond donors (Lipinski definition) is 9. The molecule has 0 saturated carbocycles. The molecule has 6 heterocycles. The number of carbonyl (C=O) groups excluding carboxylic acids is 8. The van der Waals surface area contributed by atoms with Gasteiger partial charge in [-0.25, -0.2) is 4.98 Å². The summed E-state index contributed by atoms with van der Waals surface area (Å²) in [5, 5.41) is 22.6. The van der Waals surface area contributed by atoms with Crippen molar-refractivity contribution < 1.29 is 66.6 Å². The van der Waals surface area contributed by atoms with E-state index < -0.39 is 115 Å². The number of aryl methyl sites for hydroxylation is 1. The Morgan fingerprint density at radius 1 is 0.790 bits per heavy atom. The van der Waals surface area contributed by atoms with Crippen LogP contribution in [-0.4, -0.2) is 167 Å². The minimum atomic E-state index is -5.93. The first kappa shape index (κ1) is 71.8. The number of carbonyl (C=O) groups is 8. The number of nitrogens with two attached hydrogens (primary N) is 1. The lowest BCUT2D eigenvalue weighted by molar-refractivity contribution is -0.144. The standard InChI is InChI=1S/C73H80F2N11O12PS/c1-44(47-24-26-50(27-25-47)65-45(2)77-43-100-65)78-69(92)62-40-55(87)41-85(62)72(95)61-19-11-13-36-84(61)70(93)51-22-20-46(21-23-51)14-6-5-12-35-83-37-34-54-29-32-60(68(91)80-57(31-33-63(76)88)66(89)82-64(48-15-7-3-8-16-48)49-17-9-4-10-18-49)86(54)71(94)59(42-83)81-67(90)58-39-52-38-53(28-30-56(52)79-58)73(74,75)99(96,97)98/h3-4,7-10,15-18,20-28,30,38-39,43-44,54-55,57,59-62,64,79,87H,5,11-13,19,29,31-37,40-42H2,1-2H3,(H2,76,88)(H,78,92)(H,80,91)(H,81,90)(H,82,89)(H2,96,97,98)/t44-,54+,55+,57-,59-,60-,61-,62-/m0/s1. The Hall–Kier alpha value is -9.48. The van der Waals surface area contributed by atoms with Crippen molar-refractivity contribution in [1.29, 1.82) is 0 Å². The molecule has 10 N–H and O–H groups in total. The predicted molar refractivity (Wildman–Crippen MR) is 370 cm³/mol. The Morgan fingerprint density at radius 3 is 2.16 bits per heavy atom. The average molecular weight is 1400 g/mol. The molecule has 23 nitrogen and oxygen atoms in total. The van der Waals surface area contributed by atoms with Crippen LogP contribution >= 0.6 is 18.9 Å². The molecule has 27 heteroatoms. The Bertz CT molecular complexity index is 4240. The van der Waals surface area contributed by atoms with Crippen molar-refractivity contribution in [2.45, 2.75) is 145 Å². The maximum Gasteiger partial charge on any atom is 0.399 e. The number of alkyl halides is 2. The number of piperidine rings is 1. The molecule has 4 saturated heterocycles. The number of nitrogens with zero attached hydrogens (tertiary/aromatic N) is 5. The second-order valence-electron chi connectivity index (χ2n) is 26.0. The third-order valence-corrected chi connectivity index (χ3v) is 21.1. The molecule has 524 valence electrons. The fourth-order valence-electron chi connectivity index (χ4n) is 13.8. The SMILES string of the molecule is Cc1ncsc1-c1ccc([C@H](C)NC(=O)[C@@H]2C[C@@H](O)CN2C(=O)[C@@H]2CCCCN2C(=O)c2ccc(C#CCCCN3CC[C@H]4CC[C@@H](C(=O)N[C@@H](CCC(N)=O)C(=O)NC(c5ccccc5)c5ccccc5)N4C(=O)[C@@H](NC(=O)c4cc5cc(C(F)(F)P(=O)(O)O)ccc5[nH]4)C3)cc2)cc1. The van der Waals surface area contributed by atoms with Crippen molar-refractivity contribution in [2.24, 2.45) is 5.73 Å². The molecule has 0 radical (unpaired) electrons. The summed E-state index contributed by atoms with van der Waals surface area (Å²) >= 11 is 1.55. The highest BCUT2D eigenvalue weighted by Crippen LogP contribution is 2.59. The number of β-amino-alcohol motifs (C(OH)–C–C–N with tert-alkyl or cyclic N) is 1. The van der Waals surface area contributed by atoms with Crippen LogP contribution in [0.4, 0.5) is 8.78 Å². The topological polar surface area (TPSA) is 330 Å². The van der Waals surface area contributed by atoms with E-state index in [0.717, 1.165) is 51.0 Å². The fourth-order valence-corrected chi connectivity index (χ4v) is 15.1. The number of amides is 8. The number of rotatable bonds is 22. The first-order valence-corrected chi connectivity index (χ1v) is 36.0. The van der Waals surface area contributed by atoms with Gasteiger partial charge >= 0.3 is 13.3 Å². The van der Waals surface area contributed by atoms with Gasteiger partial charge in [0.1, 0.15) is 35.9 Å². The third kappa shape index (κ3) is 16.5. The van der Waals surface area contributed by atoms with E-state index in [-0.39, 0.29) is 61.3 Å². The Balaban J connectivity index is 0.744. The minimum Gasteiger partial charge on any atom is -0.391 e. The third-order valence-electron chi connectivity index (χ3n) is 19.2. The normalized spacial score (nSPS) is 20.3. The van der Waals surface area contributed by atoms with E-state index >= 15 is 4.79 Å². The smallest absolute Gasteiger partial charge is 0.391 e. The second-order valence-corrected chi connectivity index (χ2v) is 28.5. The van der Waals surface area contributed by atoms with Crippen molar-refractivity contribution in [1.82, 2.24) is 50.8 Å². The van der Waals surface area contributed by atoms with Crippen molar-refractivity contribution in [2.75, 3.05) is 32.7 Å². The summed E-state index contributed by atoms with van der Waals surface area (Å²) in [6, 6.07) is 30.1. The molecule has 8 amide bonds. The van der Waals surface area contributed by atoms with Gasteiger partial charge < -0.3 is 66.5 Å². The van der Waals surface area contributed by atoms with E-state index in [1.165, 1.54) is 15.9 Å². The maximum absolute atomic E-state index is 15.2. The van der Waals surface area contributed by atoms with Crippen molar-refractivity contribution in [3.05, 3.63) is 184 Å². The molecule has 2 aromatic heterocycles. The second kappa shape index (κ2) is 31.4. The first-order valence-electron chi connectivity index (χ1n) is 33.5. The van der Waals surface area contributed by atoms with Gasteiger partial charge in [-0.2, -0.15) is 8.78 Å². The zero-order valence-electron chi connectivity index (χ0n) is 55.2. The lowest BCUT2D eigenvalue weighted by Gasteiger charge is -2.39. The van der Waals surface area contributed by atoms with E-state index in [9.17, 15) is 61.8 Å². The summed E-state index contributed by atoms with van der Waals surface area (Å²) in [7, 11) is -5.93. The van der Waals surface area contributed by atoms with E-state index in [0.29, 0.717) is 75.7 Å². The summed E-state index contributed by atoms with van der Waals surface area (Å²) in [5.41, 5.74) is 7.19. The molecule has 7 aromatic rings. The van der Waals surface area contributed by atoms with Crippen LogP contribution in [0.25, 0.3) is 21.3 Å². The summed E-state index contributed by atoms with van der Waals surface area (Å²) in [6.07, 6.45) is 2.39. The molecular weight excluding hydrogens is 1320 g/mol. The molecule has 4 fully saturated rings. The number of nitrogens with one attached hydrogen (secondary N) is 5. The molecule has 0 spiro atoms. The molecule has 100 heavy (non-hydrogen) atoms. The number of fused-ring (bicyclic) bond motifs is 2. The fraction of sp³-hybridized carbons (Fsp3) is 0.384. The van der Waals surface area contributed by atoms with Crippen LogP contribution in [0, 0.1) is 18.8 Å². The maximum atomic E-state index is 15.2. The van der Waals surface area contributed by atoms with Crippen LogP contribution in [0.5, 0.6) is 0 Å². The van der Waals surface area contributed by atoms with Crippen LogP contribution in [0.1, 0.15) is 144 Å². The average Bonchev–Trinajstić information content (AvgIpc) is 1.56. The van der Waals surface area contributed by atoms with Gasteiger partial charge in [-0.15, -0.1) is 11.3 Å². The largest absolute Gasteiger partial charge is 0.399 e. The Morgan fingerprint density at radius 2 is 1.49 bits per heavy atom. The van der Waals surface area contributed by atoms with Gasteiger partial charge in [0, 0.05) is 79.1 Å². The van der Waals surface area contributed by atoms with Crippen molar-refractivity contribution in [3.63, 3.8) is 0 Å². The monoisotopic (exact) mass is 1400 g/mol. The Kier molecular flexibility index (Phi) is 22.5. The molecule has 5 aromatic carbocycles. The van der Waals surface area contributed by atoms with E-state index in [4.69, 9.17) is 5.73 Å². The van der Waals surface area contributed by atoms with Crippen LogP contribution in [-0.2, 0) is 39.0 Å². The van der Waals surface area contributed by atoms with Crippen LogP contribution in [0.15, 0.2) is 139 Å². The molecule has 0 aliphatic carbocycles. The summed E-state index contributed by atoms with van der Waals surface area (Å²) in [6.45, 7) is 4.87. The number of aromatic nitrogens is 2. The van der Waals surface area contributed by atoms with Gasteiger partial charge in [-0.3, -0.25) is 42.9 Å². The van der Waals surface area contributed by atoms with Crippen LogP contribution in [0.2, 0.25) is 0 Å². The van der Waals surface area contributed by atoms with E-state index in [1.807, 2.05) is 104 Å². The summed E-state index contributed by atoms with van der Waals surface area (Å²) in [4.78, 5) is 147. The minimum absolute atomic E-state index is 0.0299. The zero-order valence-corrected chi connectivity index (χ0v) is 56.9. The molecule has 4 aliphatic rings. The number of hydrogen-bond acceptors (Lipinski definition) is 13. The number of thiazole rings is 1. The summed E-state index contributed by atoms with van der Waals surface area (Å²) in [5.74, 6) is 1.82. The number of H-pyrrole nitrogens is 1. The number of likely N-dealkylation sites (tertiary alicyclic amines) is 2. The number of aliphatic hydroxyl groups excluding tert-OH is 1. The highest BCUT2D eigenvalue weighted by molar-refractivity contribution is 7.52. The quantitative estimate of drug-likeness (QED) is 0.0183. The number of unbranched alkanes of at least 4 members (excludes halogenated alkanes) is 1. The summed E-state index contributed by atoms with van der Waals surface area (Å²) < 4.78 is 41.4. The number of aromatic amines is 1. The Labute approximate surface area is 580 Å². The number of halogens is 2. The molecule has 0 bridgehead atoms. The molecular formula is C73H80F2N11O12PS. The van der Waals surface area contributed by atoms with Gasteiger partial charge in [0.2, 0.25) is 35.4 Å². The molecule has 8 atom stereocenters. The molecule has 4 aliphatic heterocycles. The van der Waals surface area contributed by atoms with E-state index in [2.05, 4.69) is 43.1 Å². The highest BCUT2D eigenvalue weighted by atomic mass is 32.1. The zero-order chi connectivity index (χ0) is 71.0. The number of aliphatic hydroxyl groups is 1. The van der Waals surface area contributed by atoms with Crippen molar-refractivity contribution in [3.8, 4) is 22.3 Å². The van der Waals surface area contributed by atoms with Gasteiger partial charge in [0.25, 0.3) is 11.8 Å². The highest BCUT2D eigenvalue weighted by Gasteiger charge is 2.51. The van der Waals surface area contributed by atoms with E-state index in [1.54, 1.807) is 46.0 Å². The van der Waals surface area contributed by atoms with Gasteiger partial charge in [0.05, 0.1) is 34.3 Å². The van der Waals surface area contributed by atoms with Crippen molar-refractivity contribution >= 4 is 77.1 Å². The van der Waals surface area contributed by atoms with Gasteiger partial charge in [0.15, 0.2) is 0 Å². The van der Waals surface area contributed by atoms with Gasteiger partial charge in [-0.05, 0) is 136 Å². The number of benzene rings is 5. The lowest BCUT2D eigenvalue weighted by atomic mass is 9.98. The number of primary amides is 1. The predicted octanol–water partition coefficient (Wildman–Crippen LogP) is 7.31.